The average molecular weight is 471 g/mol. The fourth-order valence-corrected chi connectivity index (χ4v) is 3.93. The van der Waals surface area contributed by atoms with Gasteiger partial charge in [0.25, 0.3) is 5.91 Å². The van der Waals surface area contributed by atoms with Gasteiger partial charge in [0.15, 0.2) is 0 Å². The van der Waals surface area contributed by atoms with Crippen molar-refractivity contribution in [1.82, 2.24) is 4.98 Å². The molecule has 4 rings (SSSR count). The number of aromatic nitrogens is 1. The molecule has 1 aliphatic heterocycles. The highest BCUT2D eigenvalue weighted by atomic mass is 35.5. The lowest BCUT2D eigenvalue weighted by molar-refractivity contribution is -0.120. The summed E-state index contributed by atoms with van der Waals surface area (Å²) in [5.41, 5.74) is 2.63. The molecule has 8 heteroatoms. The van der Waals surface area contributed by atoms with Crippen LogP contribution in [0, 0.1) is 5.92 Å². The fourth-order valence-electron chi connectivity index (χ4n) is 3.74. The number of halogens is 2. The molecule has 2 amide bonds. The van der Waals surface area contributed by atoms with Crippen molar-refractivity contribution in [3.63, 3.8) is 0 Å². The monoisotopic (exact) mass is 470 g/mol. The molecule has 0 spiro atoms. The number of rotatable bonds is 5. The molecule has 0 radical (unpaired) electrons. The third kappa shape index (κ3) is 5.78. The number of nitrogens with zero attached hydrogens (tertiary/aromatic N) is 2. The fraction of sp³-hybridized carbons (Fsp3) is 0.208. The van der Waals surface area contributed by atoms with E-state index in [1.165, 1.54) is 0 Å². The number of carbonyl (C=O) groups excluding carboxylic acids is 2. The maximum absolute atomic E-state index is 12.9. The molecule has 166 valence electrons. The van der Waals surface area contributed by atoms with Crippen molar-refractivity contribution in [2.24, 2.45) is 5.92 Å². The number of para-hydroxylation sites is 1. The Balaban J connectivity index is 0.00000289. The highest BCUT2D eigenvalue weighted by Crippen LogP contribution is 2.25. The first-order valence-electron chi connectivity index (χ1n) is 10.2. The molecule has 6 nitrogen and oxygen atoms in total. The summed E-state index contributed by atoms with van der Waals surface area (Å²) in [6.45, 7) is 1.61. The molecule has 1 aliphatic rings. The van der Waals surface area contributed by atoms with Crippen LogP contribution in [0.2, 0.25) is 5.02 Å². The van der Waals surface area contributed by atoms with Crippen LogP contribution in [0.1, 0.15) is 23.2 Å². The number of benzene rings is 2. The predicted octanol–water partition coefficient (Wildman–Crippen LogP) is 5.26. The second-order valence-corrected chi connectivity index (χ2v) is 7.90. The van der Waals surface area contributed by atoms with Crippen molar-refractivity contribution in [3.8, 4) is 0 Å². The van der Waals surface area contributed by atoms with Crippen molar-refractivity contribution >= 4 is 52.9 Å². The van der Waals surface area contributed by atoms with Crippen LogP contribution in [0.5, 0.6) is 0 Å². The maximum atomic E-state index is 12.9. The second kappa shape index (κ2) is 11.0. The zero-order valence-electron chi connectivity index (χ0n) is 17.3. The number of nitrogens with one attached hydrogen (secondary N) is 2. The van der Waals surface area contributed by atoms with Crippen LogP contribution in [0.15, 0.2) is 73.1 Å². The molecule has 1 fully saturated rings. The molecule has 0 aliphatic carbocycles. The van der Waals surface area contributed by atoms with Crippen LogP contribution in [-0.4, -0.2) is 29.9 Å². The standard InChI is InChI=1S/C24H23ClN4O2.ClH/c25-18-4-3-5-19(16-18)27-24(31)21-6-1-2-7-22(21)28-23(30)17-10-14-29(15-11-17)20-8-12-26-13-9-20;/h1-9,12-13,16-17H,10-11,14-15H2,(H,27,31)(H,28,30);1H. The predicted molar refractivity (Wildman–Crippen MR) is 131 cm³/mol. The number of amides is 2. The Hall–Kier alpha value is -3.09. The van der Waals surface area contributed by atoms with Crippen LogP contribution < -0.4 is 15.5 Å². The molecule has 0 atom stereocenters. The Kier molecular flexibility index (Phi) is 8.09. The van der Waals surface area contributed by atoms with E-state index in [0.717, 1.165) is 31.6 Å². The second-order valence-electron chi connectivity index (χ2n) is 7.47. The van der Waals surface area contributed by atoms with Crippen LogP contribution >= 0.6 is 24.0 Å². The van der Waals surface area contributed by atoms with Crippen molar-refractivity contribution in [1.29, 1.82) is 0 Å². The van der Waals surface area contributed by atoms with Gasteiger partial charge < -0.3 is 15.5 Å². The van der Waals surface area contributed by atoms with Gasteiger partial charge in [0.2, 0.25) is 5.91 Å². The van der Waals surface area contributed by atoms with Crippen molar-refractivity contribution < 1.29 is 9.59 Å². The summed E-state index contributed by atoms with van der Waals surface area (Å²) in [4.78, 5) is 32.0. The normalized spacial score (nSPS) is 13.7. The van der Waals surface area contributed by atoms with Gasteiger partial charge in [0, 0.05) is 47.8 Å². The molecule has 32 heavy (non-hydrogen) atoms. The van der Waals surface area contributed by atoms with E-state index in [1.54, 1.807) is 60.9 Å². The molecular weight excluding hydrogens is 447 g/mol. The number of hydrogen-bond donors (Lipinski definition) is 2. The number of hydrogen-bond acceptors (Lipinski definition) is 4. The van der Waals surface area contributed by atoms with Gasteiger partial charge in [-0.25, -0.2) is 0 Å². The summed E-state index contributed by atoms with van der Waals surface area (Å²) in [5, 5.41) is 6.33. The summed E-state index contributed by atoms with van der Waals surface area (Å²) in [6.07, 6.45) is 5.06. The zero-order valence-corrected chi connectivity index (χ0v) is 18.9. The minimum atomic E-state index is -0.300. The molecule has 0 saturated carbocycles. The molecule has 2 heterocycles. The average Bonchev–Trinajstić information content (AvgIpc) is 2.80. The summed E-state index contributed by atoms with van der Waals surface area (Å²) in [7, 11) is 0. The van der Waals surface area contributed by atoms with Gasteiger partial charge in [-0.05, 0) is 55.3 Å². The summed E-state index contributed by atoms with van der Waals surface area (Å²) >= 11 is 5.99. The summed E-state index contributed by atoms with van der Waals surface area (Å²) in [6, 6.07) is 17.9. The zero-order chi connectivity index (χ0) is 21.6. The van der Waals surface area contributed by atoms with Crippen molar-refractivity contribution in [2.45, 2.75) is 12.8 Å². The Bertz CT molecular complexity index is 1070. The molecule has 1 aromatic heterocycles. The van der Waals surface area contributed by atoms with Crippen LogP contribution in [0.4, 0.5) is 17.1 Å². The molecule has 0 bridgehead atoms. The highest BCUT2D eigenvalue weighted by Gasteiger charge is 2.26. The molecule has 2 N–H and O–H groups in total. The van der Waals surface area contributed by atoms with E-state index in [1.807, 2.05) is 12.1 Å². The minimum absolute atomic E-state index is 0. The Morgan fingerprint density at radius 1 is 0.938 bits per heavy atom. The first-order chi connectivity index (χ1) is 15.1. The number of piperidine rings is 1. The lowest BCUT2D eigenvalue weighted by atomic mass is 9.95. The molecule has 3 aromatic rings. The largest absolute Gasteiger partial charge is 0.371 e. The Morgan fingerprint density at radius 3 is 2.38 bits per heavy atom. The third-order valence-electron chi connectivity index (χ3n) is 5.41. The van der Waals surface area contributed by atoms with Crippen molar-refractivity contribution in [3.05, 3.63) is 83.6 Å². The number of pyridine rings is 1. The van der Waals surface area contributed by atoms with Gasteiger partial charge in [-0.1, -0.05) is 29.8 Å². The Labute approximate surface area is 198 Å². The molecule has 1 saturated heterocycles. The topological polar surface area (TPSA) is 74.3 Å². The highest BCUT2D eigenvalue weighted by molar-refractivity contribution is 6.31. The van der Waals surface area contributed by atoms with Gasteiger partial charge in [-0.3, -0.25) is 14.6 Å². The van der Waals surface area contributed by atoms with Crippen LogP contribution in [0.25, 0.3) is 0 Å². The summed E-state index contributed by atoms with van der Waals surface area (Å²) < 4.78 is 0. The van der Waals surface area contributed by atoms with Gasteiger partial charge >= 0.3 is 0 Å². The maximum Gasteiger partial charge on any atom is 0.257 e. The number of carbonyl (C=O) groups is 2. The van der Waals surface area contributed by atoms with Gasteiger partial charge in [0.1, 0.15) is 0 Å². The van der Waals surface area contributed by atoms with E-state index in [9.17, 15) is 9.59 Å². The SMILES string of the molecule is Cl.O=C(Nc1cccc(Cl)c1)c1ccccc1NC(=O)C1CCN(c2ccncc2)CC1. The third-order valence-corrected chi connectivity index (χ3v) is 5.64. The van der Waals surface area contributed by atoms with E-state index in [-0.39, 0.29) is 30.1 Å². The first-order valence-corrected chi connectivity index (χ1v) is 10.6. The smallest absolute Gasteiger partial charge is 0.257 e. The van der Waals surface area contributed by atoms with E-state index in [0.29, 0.717) is 22.0 Å². The van der Waals surface area contributed by atoms with Crippen molar-refractivity contribution in [2.75, 3.05) is 28.6 Å². The first kappa shape index (κ1) is 23.6. The Morgan fingerprint density at radius 2 is 1.66 bits per heavy atom. The van der Waals surface area contributed by atoms with Gasteiger partial charge in [-0.2, -0.15) is 0 Å². The van der Waals surface area contributed by atoms with E-state index in [2.05, 4.69) is 20.5 Å². The molecule has 0 unspecified atom stereocenters. The lowest BCUT2D eigenvalue weighted by Gasteiger charge is -2.33. The quantitative estimate of drug-likeness (QED) is 0.532. The minimum Gasteiger partial charge on any atom is -0.371 e. The lowest BCUT2D eigenvalue weighted by Crippen LogP contribution is -2.38. The molecular formula is C24H24Cl2N4O2. The van der Waals surface area contributed by atoms with Crippen LogP contribution in [-0.2, 0) is 4.79 Å². The van der Waals surface area contributed by atoms with E-state index < -0.39 is 0 Å². The summed E-state index contributed by atoms with van der Waals surface area (Å²) in [5.74, 6) is -0.454. The van der Waals surface area contributed by atoms with E-state index >= 15 is 0 Å². The van der Waals surface area contributed by atoms with Gasteiger partial charge in [-0.15, -0.1) is 12.4 Å². The van der Waals surface area contributed by atoms with Gasteiger partial charge in [0.05, 0.1) is 11.3 Å². The molecule has 2 aromatic carbocycles. The van der Waals surface area contributed by atoms with E-state index in [4.69, 9.17) is 11.6 Å². The number of anilines is 3. The van der Waals surface area contributed by atoms with Crippen LogP contribution in [0.3, 0.4) is 0 Å².